The first-order chi connectivity index (χ1) is 21.1. The number of terminal acetylenes is 1. The van der Waals surface area contributed by atoms with E-state index >= 15 is 0 Å². The summed E-state index contributed by atoms with van der Waals surface area (Å²) < 4.78 is 26.3. The molecule has 0 aromatic heterocycles. The molecule has 0 aromatic carbocycles. The van der Waals surface area contributed by atoms with Gasteiger partial charge in [0.15, 0.2) is 0 Å². The maximum atomic E-state index is 13.9. The first kappa shape index (κ1) is 36.8. The lowest BCUT2D eigenvalue weighted by Crippen LogP contribution is -2.55. The number of likely N-dealkylation sites (N-methyl/N-ethyl adjacent to an activating group) is 1. The molecular formula is C34H60N4O5S. The summed E-state index contributed by atoms with van der Waals surface area (Å²) in [5.41, 5.74) is 0. The second kappa shape index (κ2) is 18.5. The molecule has 5 unspecified atom stereocenters. The van der Waals surface area contributed by atoms with Crippen LogP contribution in [0.1, 0.15) is 124 Å². The van der Waals surface area contributed by atoms with Crippen LogP contribution in [0.25, 0.3) is 0 Å². The normalized spacial score (nSPS) is 25.2. The molecule has 0 aliphatic heterocycles. The highest BCUT2D eigenvalue weighted by Gasteiger charge is 2.39. The fraction of sp³-hybridized carbons (Fsp3) is 0.882. The molecule has 44 heavy (non-hydrogen) atoms. The second-order valence-corrected chi connectivity index (χ2v) is 15.6. The van der Waals surface area contributed by atoms with Crippen LogP contribution in [-0.4, -0.2) is 78.8 Å². The minimum absolute atomic E-state index is 0.0852. The third kappa shape index (κ3) is 11.0. The van der Waals surface area contributed by atoms with E-state index < -0.39 is 33.3 Å². The summed E-state index contributed by atoms with van der Waals surface area (Å²) >= 11 is 0. The Hall–Kier alpha value is -1.67. The lowest BCUT2D eigenvalue weighted by Gasteiger charge is -2.37. The zero-order chi connectivity index (χ0) is 32.1. The molecule has 0 spiro atoms. The number of sulfonamides is 1. The molecule has 3 saturated carbocycles. The summed E-state index contributed by atoms with van der Waals surface area (Å²) in [5.74, 6) is 2.32. The highest BCUT2D eigenvalue weighted by molar-refractivity contribution is 7.90. The molecule has 0 saturated heterocycles. The summed E-state index contributed by atoms with van der Waals surface area (Å²) in [7, 11) is -3.55. The molecule has 252 valence electrons. The molecule has 3 aliphatic carbocycles. The third-order valence-corrected chi connectivity index (χ3v) is 12.0. The third-order valence-electron chi connectivity index (χ3n) is 10.1. The fourth-order valence-electron chi connectivity index (χ4n) is 7.61. The Morgan fingerprint density at radius 3 is 2.07 bits per heavy atom. The van der Waals surface area contributed by atoms with Gasteiger partial charge in [0.05, 0.1) is 17.4 Å². The predicted molar refractivity (Wildman–Crippen MR) is 176 cm³/mol. The van der Waals surface area contributed by atoms with Gasteiger partial charge in [0.2, 0.25) is 21.8 Å². The van der Waals surface area contributed by atoms with Crippen LogP contribution in [0.4, 0.5) is 0 Å². The molecule has 0 bridgehead atoms. The van der Waals surface area contributed by atoms with Gasteiger partial charge in [-0.2, -0.15) is 0 Å². The van der Waals surface area contributed by atoms with Crippen LogP contribution in [0.5, 0.6) is 0 Å². The van der Waals surface area contributed by atoms with Crippen molar-refractivity contribution in [2.24, 2.45) is 23.7 Å². The molecule has 0 aromatic rings. The summed E-state index contributed by atoms with van der Waals surface area (Å²) in [6, 6.07) is -0.518. The van der Waals surface area contributed by atoms with E-state index in [9.17, 15) is 23.1 Å². The number of amides is 2. The molecule has 0 heterocycles. The largest absolute Gasteiger partial charge is 0.390 e. The van der Waals surface area contributed by atoms with Gasteiger partial charge in [0.1, 0.15) is 0 Å². The monoisotopic (exact) mass is 636 g/mol. The molecular weight excluding hydrogens is 576 g/mol. The minimum Gasteiger partial charge on any atom is -0.390 e. The van der Waals surface area contributed by atoms with Crippen molar-refractivity contribution in [2.75, 3.05) is 26.2 Å². The van der Waals surface area contributed by atoms with Crippen molar-refractivity contribution in [2.45, 2.75) is 141 Å². The molecule has 3 aliphatic rings. The van der Waals surface area contributed by atoms with E-state index in [0.29, 0.717) is 64.1 Å². The van der Waals surface area contributed by atoms with Gasteiger partial charge in [-0.25, -0.2) is 13.4 Å². The topological polar surface area (TPSA) is 119 Å². The zero-order valence-corrected chi connectivity index (χ0v) is 28.5. The quantitative estimate of drug-likeness (QED) is 0.168. The van der Waals surface area contributed by atoms with Gasteiger partial charge in [0, 0.05) is 43.9 Å². The number of hydrazine groups is 1. The number of hydrogen-bond acceptors (Lipinski definition) is 6. The lowest BCUT2D eigenvalue weighted by atomic mass is 9.74. The number of hydrogen-bond donors (Lipinski definition) is 3. The van der Waals surface area contributed by atoms with Crippen LogP contribution in [0.2, 0.25) is 0 Å². The molecule has 0 radical (unpaired) electrons. The van der Waals surface area contributed by atoms with Crippen LogP contribution < -0.4 is 10.1 Å². The predicted octanol–water partition coefficient (Wildman–Crippen LogP) is 4.61. The van der Waals surface area contributed by atoms with Crippen LogP contribution in [0, 0.1) is 36.0 Å². The number of carbonyl (C=O) groups is 2. The van der Waals surface area contributed by atoms with E-state index in [1.54, 1.807) is 5.01 Å². The fourth-order valence-corrected chi connectivity index (χ4v) is 9.28. The van der Waals surface area contributed by atoms with Crippen LogP contribution in [-0.2, 0) is 19.6 Å². The van der Waals surface area contributed by atoms with Crippen LogP contribution in [0.3, 0.4) is 0 Å². The van der Waals surface area contributed by atoms with Crippen molar-refractivity contribution >= 4 is 21.8 Å². The van der Waals surface area contributed by atoms with E-state index in [4.69, 9.17) is 6.42 Å². The van der Waals surface area contributed by atoms with Gasteiger partial charge in [-0.3, -0.25) is 9.59 Å². The number of carbonyl (C=O) groups excluding carboxylic acids is 2. The standard InChI is InChI=1S/C34H60N4O5S/c1-5-19-37(20-6-2)34(41)29-22-26(7-3)21-28(24-29)33(40)35-31(23-27-15-11-9-12-16-27)32(39)25-38(8-4)36-44(42,43)30-17-13-10-14-18-30/h3,26-32,36,39H,5-6,8-25H2,1-2,4H3,(H,35,40). The lowest BCUT2D eigenvalue weighted by molar-refractivity contribution is -0.139. The highest BCUT2D eigenvalue weighted by atomic mass is 32.2. The SMILES string of the molecule is C#CC1CC(C(=O)NC(CC2CCCCC2)C(O)CN(CC)NS(=O)(=O)C2CCCCC2)CC(C(=O)N(CCC)CCC)C1. The van der Waals surface area contributed by atoms with Gasteiger partial charge in [-0.05, 0) is 57.3 Å². The van der Waals surface area contributed by atoms with Crippen molar-refractivity contribution in [1.29, 1.82) is 0 Å². The van der Waals surface area contributed by atoms with E-state index in [-0.39, 0.29) is 30.2 Å². The number of nitrogens with zero attached hydrogens (tertiary/aromatic N) is 2. The number of aliphatic hydroxyl groups excluding tert-OH is 1. The smallest absolute Gasteiger partial charge is 0.227 e. The van der Waals surface area contributed by atoms with E-state index in [1.807, 2.05) is 11.8 Å². The summed E-state index contributed by atoms with van der Waals surface area (Å²) in [6.45, 7) is 7.89. The van der Waals surface area contributed by atoms with Crippen molar-refractivity contribution in [3.05, 3.63) is 0 Å². The Balaban J connectivity index is 1.72. The van der Waals surface area contributed by atoms with Crippen LogP contribution >= 0.6 is 0 Å². The molecule has 9 nitrogen and oxygen atoms in total. The van der Waals surface area contributed by atoms with Crippen molar-refractivity contribution in [3.8, 4) is 12.3 Å². The first-order valence-electron chi connectivity index (χ1n) is 17.6. The average molecular weight is 637 g/mol. The minimum atomic E-state index is -3.55. The van der Waals surface area contributed by atoms with Crippen molar-refractivity contribution in [1.82, 2.24) is 20.1 Å². The summed E-state index contributed by atoms with van der Waals surface area (Å²) in [4.78, 5) is 32.0. The Labute approximate surface area is 267 Å². The van der Waals surface area contributed by atoms with E-state index in [1.165, 1.54) is 6.42 Å². The molecule has 10 heteroatoms. The molecule has 5 atom stereocenters. The Bertz CT molecular complexity index is 1030. The Morgan fingerprint density at radius 2 is 1.50 bits per heavy atom. The van der Waals surface area contributed by atoms with E-state index in [0.717, 1.165) is 57.8 Å². The molecule has 3 fully saturated rings. The van der Waals surface area contributed by atoms with Crippen molar-refractivity contribution in [3.63, 3.8) is 0 Å². The number of aliphatic hydroxyl groups is 1. The van der Waals surface area contributed by atoms with Gasteiger partial charge < -0.3 is 15.3 Å². The first-order valence-corrected chi connectivity index (χ1v) is 19.2. The second-order valence-electron chi connectivity index (χ2n) is 13.6. The zero-order valence-electron chi connectivity index (χ0n) is 27.6. The molecule has 3 rings (SSSR count). The average Bonchev–Trinajstić information content (AvgIpc) is 3.04. The Morgan fingerprint density at radius 1 is 0.909 bits per heavy atom. The van der Waals surface area contributed by atoms with Gasteiger partial charge in [0.25, 0.3) is 0 Å². The van der Waals surface area contributed by atoms with Gasteiger partial charge in [-0.1, -0.05) is 72.1 Å². The van der Waals surface area contributed by atoms with Gasteiger partial charge >= 0.3 is 0 Å². The van der Waals surface area contributed by atoms with Crippen LogP contribution in [0.15, 0.2) is 0 Å². The maximum Gasteiger partial charge on any atom is 0.227 e. The summed E-state index contributed by atoms with van der Waals surface area (Å²) in [6.07, 6.45) is 18.8. The summed E-state index contributed by atoms with van der Waals surface area (Å²) in [5, 5.41) is 15.9. The number of rotatable bonds is 16. The van der Waals surface area contributed by atoms with Crippen molar-refractivity contribution < 1.29 is 23.1 Å². The van der Waals surface area contributed by atoms with E-state index in [2.05, 4.69) is 29.9 Å². The van der Waals surface area contributed by atoms with Gasteiger partial charge in [-0.15, -0.1) is 17.2 Å². The molecule has 3 N–H and O–H groups in total. The Kier molecular flexibility index (Phi) is 15.4. The maximum absolute atomic E-state index is 13.9. The highest BCUT2D eigenvalue weighted by Crippen LogP contribution is 2.35. The number of nitrogens with one attached hydrogen (secondary N) is 2. The molecule has 2 amide bonds.